The van der Waals surface area contributed by atoms with Crippen LogP contribution in [0.3, 0.4) is 0 Å². The number of hydrogen-bond acceptors (Lipinski definition) is 4. The highest BCUT2D eigenvalue weighted by atomic mass is 35.5. The van der Waals surface area contributed by atoms with E-state index in [1.807, 2.05) is 48.5 Å². The van der Waals surface area contributed by atoms with Gasteiger partial charge < -0.3 is 4.74 Å². The van der Waals surface area contributed by atoms with Gasteiger partial charge in [0.2, 0.25) is 0 Å². The molecule has 5 rings (SSSR count). The largest absolute Gasteiger partial charge is 0.493 e. The van der Waals surface area contributed by atoms with Gasteiger partial charge in [-0.2, -0.15) is 0 Å². The Morgan fingerprint density at radius 3 is 2.81 bits per heavy atom. The third-order valence-corrected chi connectivity index (χ3v) is 6.43. The van der Waals surface area contributed by atoms with Crippen LogP contribution in [0.5, 0.6) is 5.75 Å². The lowest BCUT2D eigenvalue weighted by Gasteiger charge is -2.25. The Morgan fingerprint density at radius 1 is 1.03 bits per heavy atom. The topological polar surface area (TPSA) is 52.1 Å². The lowest BCUT2D eigenvalue weighted by molar-refractivity contribution is 0.0966. The van der Waals surface area contributed by atoms with Crippen molar-refractivity contribution in [3.63, 3.8) is 0 Å². The minimum absolute atomic E-state index is 0.0902. The van der Waals surface area contributed by atoms with Crippen molar-refractivity contribution in [3.05, 3.63) is 88.0 Å². The summed E-state index contributed by atoms with van der Waals surface area (Å²) >= 11 is 12.4. The zero-order valence-electron chi connectivity index (χ0n) is 16.5. The lowest BCUT2D eigenvalue weighted by Crippen LogP contribution is -2.17. The van der Waals surface area contributed by atoms with Crippen LogP contribution in [0.2, 0.25) is 10.0 Å². The molecule has 0 saturated heterocycles. The second kappa shape index (κ2) is 8.29. The number of hydrogen-bond donors (Lipinski definition) is 0. The molecule has 4 aromatic rings. The molecule has 0 radical (unpaired) electrons. The molecule has 4 nitrogen and oxygen atoms in total. The number of rotatable bonds is 4. The Bertz CT molecular complexity index is 1310. The highest BCUT2D eigenvalue weighted by Gasteiger charge is 2.24. The van der Waals surface area contributed by atoms with Crippen molar-refractivity contribution < 1.29 is 9.53 Å². The minimum atomic E-state index is 0.0902. The fourth-order valence-corrected chi connectivity index (χ4v) is 4.38. The number of halogens is 2. The predicted molar refractivity (Wildman–Crippen MR) is 123 cm³/mol. The van der Waals surface area contributed by atoms with E-state index in [0.29, 0.717) is 45.4 Å². The molecular formula is C25H18Cl2N2O2. The quantitative estimate of drug-likeness (QED) is 0.324. The van der Waals surface area contributed by atoms with Gasteiger partial charge in [0.15, 0.2) is 5.78 Å². The number of carbonyl (C=O) groups excluding carboxylic acids is 1. The maximum absolute atomic E-state index is 13.0. The second-order valence-corrected chi connectivity index (χ2v) is 8.34. The molecule has 0 saturated carbocycles. The molecule has 6 heteroatoms. The molecule has 0 amide bonds. The lowest BCUT2D eigenvalue weighted by atomic mass is 9.87. The number of benzene rings is 3. The fraction of sp³-hybridized carbons (Fsp3) is 0.160. The molecular weight excluding hydrogens is 431 g/mol. The number of carbonyl (C=O) groups is 1. The molecule has 1 aliphatic rings. The van der Waals surface area contributed by atoms with Crippen LogP contribution in [0.25, 0.3) is 22.3 Å². The van der Waals surface area contributed by atoms with Gasteiger partial charge in [0.05, 0.1) is 39.6 Å². The zero-order valence-corrected chi connectivity index (χ0v) is 18.0. The van der Waals surface area contributed by atoms with E-state index in [1.165, 1.54) is 0 Å². The van der Waals surface area contributed by atoms with Crippen molar-refractivity contribution in [2.45, 2.75) is 18.8 Å². The van der Waals surface area contributed by atoms with Crippen molar-refractivity contribution in [2.24, 2.45) is 0 Å². The summed E-state index contributed by atoms with van der Waals surface area (Å²) in [4.78, 5) is 22.2. The van der Waals surface area contributed by atoms with Gasteiger partial charge >= 0.3 is 0 Å². The smallest absolute Gasteiger partial charge is 0.163 e. The molecule has 1 atom stereocenters. The van der Waals surface area contributed by atoms with Crippen LogP contribution < -0.4 is 4.74 Å². The molecule has 0 spiro atoms. The van der Waals surface area contributed by atoms with Crippen molar-refractivity contribution >= 4 is 40.0 Å². The third kappa shape index (κ3) is 3.89. The predicted octanol–water partition coefficient (Wildman–Crippen LogP) is 6.74. The summed E-state index contributed by atoms with van der Waals surface area (Å²) in [5.41, 5.74) is 4.46. The van der Waals surface area contributed by atoms with Gasteiger partial charge in [0.1, 0.15) is 5.75 Å². The molecule has 1 aromatic heterocycles. The van der Waals surface area contributed by atoms with E-state index in [9.17, 15) is 4.79 Å². The first-order valence-corrected chi connectivity index (χ1v) is 10.8. The first-order chi connectivity index (χ1) is 15.1. The van der Waals surface area contributed by atoms with Gasteiger partial charge in [-0.1, -0.05) is 53.5 Å². The summed E-state index contributed by atoms with van der Waals surface area (Å²) < 4.78 is 5.71. The van der Waals surface area contributed by atoms with Gasteiger partial charge in [-0.25, -0.2) is 4.98 Å². The molecule has 3 aromatic carbocycles. The van der Waals surface area contributed by atoms with Crippen LogP contribution in [0.15, 0.2) is 66.9 Å². The molecule has 0 unspecified atom stereocenters. The van der Waals surface area contributed by atoms with Crippen LogP contribution in [-0.4, -0.2) is 22.4 Å². The molecule has 0 fully saturated rings. The highest BCUT2D eigenvalue weighted by Crippen LogP contribution is 2.36. The number of fused-ring (bicyclic) bond motifs is 2. The third-order valence-electron chi connectivity index (χ3n) is 5.61. The normalized spacial score (nSPS) is 15.4. The Balaban J connectivity index is 1.41. The van der Waals surface area contributed by atoms with Crippen LogP contribution >= 0.6 is 23.2 Å². The number of ether oxygens (including phenoxy) is 1. The summed E-state index contributed by atoms with van der Waals surface area (Å²) in [5, 5.41) is 0.915. The standard InChI is InChI=1S/C25H18Cl2N2O2/c26-19-6-3-5-18(25(19)27)22-14-28-21-12-16(8-9-20(21)29-22)23(30)13-15-10-11-31-24-7-2-1-4-17(15)24/h1-9,12,14-15H,10-11,13H2/t15-/m1/s1. The van der Waals surface area contributed by atoms with E-state index < -0.39 is 0 Å². The van der Waals surface area contributed by atoms with Crippen LogP contribution in [0.1, 0.15) is 34.7 Å². The molecule has 0 aliphatic carbocycles. The van der Waals surface area contributed by atoms with E-state index in [1.54, 1.807) is 18.3 Å². The summed E-state index contributed by atoms with van der Waals surface area (Å²) in [6.07, 6.45) is 2.93. The molecule has 154 valence electrons. The Labute approximate surface area is 189 Å². The van der Waals surface area contributed by atoms with E-state index in [0.717, 1.165) is 23.3 Å². The van der Waals surface area contributed by atoms with Crippen molar-refractivity contribution in [1.82, 2.24) is 9.97 Å². The average Bonchev–Trinajstić information content (AvgIpc) is 2.80. The van der Waals surface area contributed by atoms with Crippen LogP contribution in [0.4, 0.5) is 0 Å². The fourth-order valence-electron chi connectivity index (χ4n) is 3.99. The second-order valence-electron chi connectivity index (χ2n) is 7.56. The number of aromatic nitrogens is 2. The summed E-state index contributed by atoms with van der Waals surface area (Å²) in [6, 6.07) is 18.8. The Morgan fingerprint density at radius 2 is 1.90 bits per heavy atom. The van der Waals surface area contributed by atoms with E-state index in [-0.39, 0.29) is 11.7 Å². The number of ketones is 1. The first kappa shape index (κ1) is 20.0. The van der Waals surface area contributed by atoms with E-state index >= 15 is 0 Å². The van der Waals surface area contributed by atoms with Crippen molar-refractivity contribution in [3.8, 4) is 17.0 Å². The van der Waals surface area contributed by atoms with Crippen LogP contribution in [0, 0.1) is 0 Å². The summed E-state index contributed by atoms with van der Waals surface area (Å²) in [6.45, 7) is 0.632. The monoisotopic (exact) mass is 448 g/mol. The number of Topliss-reactive ketones (excluding diaryl/α,β-unsaturated/α-hetero) is 1. The SMILES string of the molecule is O=C(C[C@H]1CCOc2ccccc21)c1ccc2nc(-c3cccc(Cl)c3Cl)cnc2c1. The van der Waals surface area contributed by atoms with Gasteiger partial charge in [-0.05, 0) is 48.2 Å². The molecule has 0 bridgehead atoms. The summed E-state index contributed by atoms with van der Waals surface area (Å²) in [5.74, 6) is 1.13. The molecule has 1 aliphatic heterocycles. The highest BCUT2D eigenvalue weighted by molar-refractivity contribution is 6.43. The van der Waals surface area contributed by atoms with Crippen molar-refractivity contribution in [1.29, 1.82) is 0 Å². The number of nitrogens with zero attached hydrogens (tertiary/aromatic N) is 2. The van der Waals surface area contributed by atoms with Crippen molar-refractivity contribution in [2.75, 3.05) is 6.61 Å². The Hall–Kier alpha value is -2.95. The zero-order chi connectivity index (χ0) is 21.4. The first-order valence-electron chi connectivity index (χ1n) is 10.1. The number of para-hydroxylation sites is 1. The van der Waals surface area contributed by atoms with Gasteiger partial charge in [-0.15, -0.1) is 0 Å². The van der Waals surface area contributed by atoms with Gasteiger partial charge in [0.25, 0.3) is 0 Å². The van der Waals surface area contributed by atoms with Crippen LogP contribution in [-0.2, 0) is 0 Å². The maximum atomic E-state index is 13.0. The van der Waals surface area contributed by atoms with Gasteiger partial charge in [-0.3, -0.25) is 9.78 Å². The minimum Gasteiger partial charge on any atom is -0.493 e. The Kier molecular flexibility index (Phi) is 5.34. The van der Waals surface area contributed by atoms with E-state index in [2.05, 4.69) is 9.97 Å². The van der Waals surface area contributed by atoms with E-state index in [4.69, 9.17) is 27.9 Å². The average molecular weight is 449 g/mol. The van der Waals surface area contributed by atoms with Gasteiger partial charge in [0, 0.05) is 17.5 Å². The molecule has 31 heavy (non-hydrogen) atoms. The molecule has 2 heterocycles. The summed E-state index contributed by atoms with van der Waals surface area (Å²) in [7, 11) is 0. The molecule has 0 N–H and O–H groups in total. The maximum Gasteiger partial charge on any atom is 0.163 e.